The Kier molecular flexibility index (Phi) is 6.50. The Bertz CT molecular complexity index is 952. The van der Waals surface area contributed by atoms with E-state index < -0.39 is 17.8 Å². The molecule has 1 aliphatic heterocycles. The van der Waals surface area contributed by atoms with Gasteiger partial charge >= 0.3 is 12.2 Å². The molecule has 1 saturated heterocycles. The van der Waals surface area contributed by atoms with Gasteiger partial charge in [0.25, 0.3) is 5.91 Å². The summed E-state index contributed by atoms with van der Waals surface area (Å²) < 4.78 is 38.4. The standard InChI is InChI=1S/C20H20ClF3N4O2/c1-13-16(6-7-17(25-13)20(22,23)24)18(29)27-8-3-9-28(11-10-27)19(30)26-15-5-2-4-14(21)12-15/h2,4-7,12H,3,8-11H2,1H3,(H,26,30). The molecule has 3 amide bonds. The van der Waals surface area contributed by atoms with E-state index >= 15 is 0 Å². The number of alkyl halides is 3. The summed E-state index contributed by atoms with van der Waals surface area (Å²) in [4.78, 5) is 32.0. The van der Waals surface area contributed by atoms with Gasteiger partial charge in [0.15, 0.2) is 0 Å². The fraction of sp³-hybridized carbons (Fsp3) is 0.350. The summed E-state index contributed by atoms with van der Waals surface area (Å²) in [6.45, 7) is 2.78. The van der Waals surface area contributed by atoms with Crippen LogP contribution in [0.1, 0.15) is 28.2 Å². The lowest BCUT2D eigenvalue weighted by atomic mass is 10.1. The number of nitrogens with one attached hydrogen (secondary N) is 1. The topological polar surface area (TPSA) is 65.5 Å². The quantitative estimate of drug-likeness (QED) is 0.750. The van der Waals surface area contributed by atoms with Crippen molar-refractivity contribution in [3.8, 4) is 0 Å². The van der Waals surface area contributed by atoms with Gasteiger partial charge in [-0.05, 0) is 43.7 Å². The number of hydrogen-bond donors (Lipinski definition) is 1. The number of amides is 3. The van der Waals surface area contributed by atoms with Gasteiger partial charge in [-0.15, -0.1) is 0 Å². The van der Waals surface area contributed by atoms with Crippen LogP contribution in [0.5, 0.6) is 0 Å². The minimum atomic E-state index is -4.56. The third-order valence-corrected chi connectivity index (χ3v) is 4.99. The molecule has 0 atom stereocenters. The molecule has 2 aromatic rings. The number of nitrogens with zero attached hydrogens (tertiary/aromatic N) is 3. The van der Waals surface area contributed by atoms with E-state index in [4.69, 9.17) is 11.6 Å². The van der Waals surface area contributed by atoms with Crippen LogP contribution in [0.3, 0.4) is 0 Å². The van der Waals surface area contributed by atoms with E-state index in [1.807, 2.05) is 0 Å². The Hall–Kier alpha value is -2.81. The first-order chi connectivity index (χ1) is 14.1. The van der Waals surface area contributed by atoms with Gasteiger partial charge < -0.3 is 15.1 Å². The Morgan fingerprint density at radius 3 is 2.43 bits per heavy atom. The van der Waals surface area contributed by atoms with Crippen LogP contribution in [0.15, 0.2) is 36.4 Å². The Labute approximate surface area is 176 Å². The van der Waals surface area contributed by atoms with Crippen LogP contribution in [0.25, 0.3) is 0 Å². The molecule has 0 unspecified atom stereocenters. The summed E-state index contributed by atoms with van der Waals surface area (Å²) in [7, 11) is 0. The highest BCUT2D eigenvalue weighted by atomic mass is 35.5. The monoisotopic (exact) mass is 440 g/mol. The van der Waals surface area contributed by atoms with Gasteiger partial charge in [-0.25, -0.2) is 9.78 Å². The summed E-state index contributed by atoms with van der Waals surface area (Å²) in [6.07, 6.45) is -4.02. The predicted octanol–water partition coefficient (Wildman–Crippen LogP) is 4.44. The van der Waals surface area contributed by atoms with E-state index in [-0.39, 0.29) is 23.8 Å². The van der Waals surface area contributed by atoms with Crippen LogP contribution >= 0.6 is 11.6 Å². The van der Waals surface area contributed by atoms with Crippen LogP contribution in [-0.2, 0) is 6.18 Å². The molecule has 0 bridgehead atoms. The van der Waals surface area contributed by atoms with Crippen molar-refractivity contribution in [2.24, 2.45) is 0 Å². The van der Waals surface area contributed by atoms with Crippen LogP contribution in [0.4, 0.5) is 23.7 Å². The molecular weight excluding hydrogens is 421 g/mol. The first-order valence-electron chi connectivity index (χ1n) is 9.31. The number of pyridine rings is 1. The lowest BCUT2D eigenvalue weighted by Crippen LogP contribution is -2.39. The van der Waals surface area contributed by atoms with Crippen molar-refractivity contribution in [1.82, 2.24) is 14.8 Å². The normalized spacial score (nSPS) is 15.0. The van der Waals surface area contributed by atoms with Crippen molar-refractivity contribution >= 4 is 29.2 Å². The number of carbonyl (C=O) groups is 2. The number of halogens is 4. The molecule has 160 valence electrons. The highest BCUT2D eigenvalue weighted by Gasteiger charge is 2.33. The van der Waals surface area contributed by atoms with Gasteiger partial charge in [0.1, 0.15) is 5.69 Å². The molecule has 30 heavy (non-hydrogen) atoms. The van der Waals surface area contributed by atoms with Crippen molar-refractivity contribution in [3.63, 3.8) is 0 Å². The third kappa shape index (κ3) is 5.21. The van der Waals surface area contributed by atoms with Gasteiger partial charge in [0, 0.05) is 36.9 Å². The molecular formula is C20H20ClF3N4O2. The summed E-state index contributed by atoms with van der Waals surface area (Å²) in [5.41, 5.74) is -0.318. The first-order valence-corrected chi connectivity index (χ1v) is 9.68. The molecule has 2 heterocycles. The largest absolute Gasteiger partial charge is 0.433 e. The van der Waals surface area contributed by atoms with Crippen molar-refractivity contribution < 1.29 is 22.8 Å². The second kappa shape index (κ2) is 8.91. The molecule has 3 rings (SSSR count). The fourth-order valence-electron chi connectivity index (χ4n) is 3.21. The molecule has 0 radical (unpaired) electrons. The average Bonchev–Trinajstić information content (AvgIpc) is 2.93. The Morgan fingerprint density at radius 1 is 1.07 bits per heavy atom. The zero-order valence-electron chi connectivity index (χ0n) is 16.2. The zero-order chi connectivity index (χ0) is 21.9. The smallest absolute Gasteiger partial charge is 0.337 e. The summed E-state index contributed by atoms with van der Waals surface area (Å²) in [5, 5.41) is 3.27. The summed E-state index contributed by atoms with van der Waals surface area (Å²) >= 11 is 5.92. The van der Waals surface area contributed by atoms with Gasteiger partial charge in [-0.1, -0.05) is 17.7 Å². The number of aryl methyl sites for hydroxylation is 1. The molecule has 0 saturated carbocycles. The number of rotatable bonds is 2. The van der Waals surface area contributed by atoms with E-state index in [9.17, 15) is 22.8 Å². The second-order valence-corrected chi connectivity index (χ2v) is 7.34. The van der Waals surface area contributed by atoms with Crippen LogP contribution in [0, 0.1) is 6.92 Å². The van der Waals surface area contributed by atoms with Gasteiger partial charge in [-0.2, -0.15) is 13.2 Å². The molecule has 1 fully saturated rings. The Balaban J connectivity index is 1.64. The lowest BCUT2D eigenvalue weighted by Gasteiger charge is -2.23. The second-order valence-electron chi connectivity index (χ2n) is 6.90. The summed E-state index contributed by atoms with van der Waals surface area (Å²) in [5.74, 6) is -0.397. The summed E-state index contributed by atoms with van der Waals surface area (Å²) in [6, 6.07) is 8.43. The maximum absolute atomic E-state index is 12.8. The number of hydrogen-bond acceptors (Lipinski definition) is 3. The highest BCUT2D eigenvalue weighted by molar-refractivity contribution is 6.30. The van der Waals surface area contributed by atoms with E-state index in [1.54, 1.807) is 29.2 Å². The minimum absolute atomic E-state index is 0.0228. The molecule has 6 nitrogen and oxygen atoms in total. The molecule has 1 aromatic carbocycles. The third-order valence-electron chi connectivity index (χ3n) is 4.75. The maximum atomic E-state index is 12.8. The molecule has 10 heteroatoms. The lowest BCUT2D eigenvalue weighted by molar-refractivity contribution is -0.141. The first kappa shape index (κ1) is 21.9. The van der Waals surface area contributed by atoms with Crippen molar-refractivity contribution in [2.45, 2.75) is 19.5 Å². The average molecular weight is 441 g/mol. The highest BCUT2D eigenvalue weighted by Crippen LogP contribution is 2.28. The van der Waals surface area contributed by atoms with E-state index in [1.165, 1.54) is 11.8 Å². The van der Waals surface area contributed by atoms with Crippen molar-refractivity contribution in [3.05, 3.63) is 58.4 Å². The molecule has 1 aromatic heterocycles. The number of urea groups is 1. The van der Waals surface area contributed by atoms with E-state index in [2.05, 4.69) is 10.3 Å². The Morgan fingerprint density at radius 2 is 1.77 bits per heavy atom. The number of anilines is 1. The van der Waals surface area contributed by atoms with Gasteiger partial charge in [0.2, 0.25) is 0 Å². The molecule has 1 N–H and O–H groups in total. The number of aromatic nitrogens is 1. The van der Waals surface area contributed by atoms with Crippen LogP contribution in [0.2, 0.25) is 5.02 Å². The van der Waals surface area contributed by atoms with Crippen molar-refractivity contribution in [2.75, 3.05) is 31.5 Å². The SMILES string of the molecule is Cc1nc(C(F)(F)F)ccc1C(=O)N1CCCN(C(=O)Nc2cccc(Cl)c2)CC1. The molecule has 1 aliphatic rings. The predicted molar refractivity (Wildman–Crippen MR) is 107 cm³/mol. The van der Waals surface area contributed by atoms with Crippen molar-refractivity contribution in [1.29, 1.82) is 0 Å². The fourth-order valence-corrected chi connectivity index (χ4v) is 3.40. The number of carbonyl (C=O) groups excluding carboxylic acids is 2. The van der Waals surface area contributed by atoms with E-state index in [0.29, 0.717) is 36.8 Å². The van der Waals surface area contributed by atoms with Crippen LogP contribution in [-0.4, -0.2) is 52.9 Å². The number of benzene rings is 1. The molecule has 0 aliphatic carbocycles. The van der Waals surface area contributed by atoms with Gasteiger partial charge in [-0.3, -0.25) is 4.79 Å². The van der Waals surface area contributed by atoms with Gasteiger partial charge in [0.05, 0.1) is 11.3 Å². The molecule has 0 spiro atoms. The van der Waals surface area contributed by atoms with Crippen LogP contribution < -0.4 is 5.32 Å². The maximum Gasteiger partial charge on any atom is 0.433 e. The van der Waals surface area contributed by atoms with E-state index in [0.717, 1.165) is 12.1 Å². The minimum Gasteiger partial charge on any atom is -0.337 e. The zero-order valence-corrected chi connectivity index (χ0v) is 16.9.